The van der Waals surface area contributed by atoms with Gasteiger partial charge >= 0.3 is 0 Å². The molecule has 0 heterocycles. The number of carbonyl (C=O) groups excluding carboxylic acids is 1. The van der Waals surface area contributed by atoms with E-state index < -0.39 is 0 Å². The van der Waals surface area contributed by atoms with Crippen LogP contribution in [0.4, 0.5) is 11.4 Å². The number of rotatable bonds is 4. The van der Waals surface area contributed by atoms with Gasteiger partial charge in [-0.1, -0.05) is 24.3 Å². The number of nitrogens with one attached hydrogen (secondary N) is 1. The molecule has 1 amide bonds. The summed E-state index contributed by atoms with van der Waals surface area (Å²) in [6.45, 7) is 1.87. The van der Waals surface area contributed by atoms with E-state index in [1.807, 2.05) is 43.3 Å². The summed E-state index contributed by atoms with van der Waals surface area (Å²) in [5, 5.41) is 2.64. The Morgan fingerprint density at radius 2 is 1.85 bits per heavy atom. The lowest BCUT2D eigenvalue weighted by Gasteiger charge is -2.14. The highest BCUT2D eigenvalue weighted by Crippen LogP contribution is 2.31. The van der Waals surface area contributed by atoms with E-state index in [0.29, 0.717) is 11.4 Å². The van der Waals surface area contributed by atoms with Crippen LogP contribution in [0, 0.1) is 0 Å². The van der Waals surface area contributed by atoms with E-state index in [-0.39, 0.29) is 11.2 Å². The Bertz CT molecular complexity index is 618. The number of thioether (sulfide) groups is 1. The third kappa shape index (κ3) is 3.77. The van der Waals surface area contributed by atoms with Gasteiger partial charge in [-0.15, -0.1) is 11.8 Å². The molecule has 0 aliphatic carbocycles. The van der Waals surface area contributed by atoms with Crippen LogP contribution in [0.5, 0.6) is 0 Å². The molecule has 0 bridgehead atoms. The third-order valence-electron chi connectivity index (χ3n) is 2.73. The maximum atomic E-state index is 12.2. The van der Waals surface area contributed by atoms with Gasteiger partial charge in [-0.25, -0.2) is 0 Å². The Hall–Kier alpha value is -1.46. The van der Waals surface area contributed by atoms with Gasteiger partial charge < -0.3 is 11.1 Å². The van der Waals surface area contributed by atoms with Gasteiger partial charge in [0.15, 0.2) is 0 Å². The van der Waals surface area contributed by atoms with Crippen LogP contribution in [0.2, 0.25) is 0 Å². The zero-order chi connectivity index (χ0) is 14.5. The Balaban J connectivity index is 2.03. The SMILES string of the molecule is CC(Sc1ccccc1Br)C(=O)Nc1ccccc1N. The summed E-state index contributed by atoms with van der Waals surface area (Å²) in [5.41, 5.74) is 7.04. The highest BCUT2D eigenvalue weighted by Gasteiger charge is 2.16. The summed E-state index contributed by atoms with van der Waals surface area (Å²) in [5.74, 6) is -0.0661. The first-order valence-corrected chi connectivity index (χ1v) is 7.81. The Morgan fingerprint density at radius 3 is 2.55 bits per heavy atom. The van der Waals surface area contributed by atoms with Gasteiger partial charge in [0.2, 0.25) is 5.91 Å². The number of benzene rings is 2. The largest absolute Gasteiger partial charge is 0.397 e. The third-order valence-corrected chi connectivity index (χ3v) is 4.86. The van der Waals surface area contributed by atoms with Crippen LogP contribution in [0.1, 0.15) is 6.92 Å². The number of hydrogen-bond acceptors (Lipinski definition) is 3. The lowest BCUT2D eigenvalue weighted by Crippen LogP contribution is -2.22. The number of para-hydroxylation sites is 2. The topological polar surface area (TPSA) is 55.1 Å². The van der Waals surface area contributed by atoms with E-state index >= 15 is 0 Å². The molecule has 0 radical (unpaired) electrons. The van der Waals surface area contributed by atoms with Crippen molar-refractivity contribution in [1.29, 1.82) is 0 Å². The van der Waals surface area contributed by atoms with Gasteiger partial charge in [-0.2, -0.15) is 0 Å². The summed E-state index contributed by atoms with van der Waals surface area (Å²) in [6, 6.07) is 15.1. The number of nitrogens with two attached hydrogens (primary N) is 1. The van der Waals surface area contributed by atoms with Gasteiger partial charge in [0.25, 0.3) is 0 Å². The maximum Gasteiger partial charge on any atom is 0.237 e. The first kappa shape index (κ1) is 14.9. The molecule has 3 N–H and O–H groups in total. The predicted octanol–water partition coefficient (Wildman–Crippen LogP) is 4.15. The van der Waals surface area contributed by atoms with Crippen LogP contribution < -0.4 is 11.1 Å². The second kappa shape index (κ2) is 6.81. The first-order chi connectivity index (χ1) is 9.58. The first-order valence-electron chi connectivity index (χ1n) is 6.14. The van der Waals surface area contributed by atoms with E-state index in [1.54, 1.807) is 12.1 Å². The average Bonchev–Trinajstić information content (AvgIpc) is 2.43. The van der Waals surface area contributed by atoms with Crippen LogP contribution in [0.15, 0.2) is 57.9 Å². The summed E-state index contributed by atoms with van der Waals surface area (Å²) < 4.78 is 0.990. The van der Waals surface area contributed by atoms with E-state index in [1.165, 1.54) is 11.8 Å². The Morgan fingerprint density at radius 1 is 1.20 bits per heavy atom. The highest BCUT2D eigenvalue weighted by molar-refractivity contribution is 9.10. The number of halogens is 1. The Kier molecular flexibility index (Phi) is 5.09. The molecule has 0 aliphatic heterocycles. The molecule has 0 aromatic heterocycles. The van der Waals surface area contributed by atoms with Crippen molar-refractivity contribution in [1.82, 2.24) is 0 Å². The van der Waals surface area contributed by atoms with Gasteiger partial charge in [0.1, 0.15) is 0 Å². The van der Waals surface area contributed by atoms with Crippen molar-refractivity contribution in [3.8, 4) is 0 Å². The summed E-state index contributed by atoms with van der Waals surface area (Å²) in [7, 11) is 0. The number of anilines is 2. The second-order valence-corrected chi connectivity index (χ2v) is 6.50. The van der Waals surface area contributed by atoms with Gasteiger partial charge in [-0.3, -0.25) is 4.79 Å². The van der Waals surface area contributed by atoms with Crippen LogP contribution >= 0.6 is 27.7 Å². The molecule has 2 aromatic carbocycles. The summed E-state index contributed by atoms with van der Waals surface area (Å²) in [4.78, 5) is 13.2. The zero-order valence-corrected chi connectivity index (χ0v) is 13.4. The minimum Gasteiger partial charge on any atom is -0.397 e. The highest BCUT2D eigenvalue weighted by atomic mass is 79.9. The van der Waals surface area contributed by atoms with E-state index in [4.69, 9.17) is 5.73 Å². The molecule has 5 heteroatoms. The lowest BCUT2D eigenvalue weighted by atomic mass is 10.2. The smallest absolute Gasteiger partial charge is 0.237 e. The zero-order valence-electron chi connectivity index (χ0n) is 11.0. The fourth-order valence-corrected chi connectivity index (χ4v) is 3.08. The van der Waals surface area contributed by atoms with Crippen molar-refractivity contribution >= 4 is 45.0 Å². The Labute approximate surface area is 131 Å². The molecule has 104 valence electrons. The quantitative estimate of drug-likeness (QED) is 0.643. The fourth-order valence-electron chi connectivity index (χ4n) is 1.63. The molecule has 20 heavy (non-hydrogen) atoms. The van der Waals surface area contributed by atoms with Crippen molar-refractivity contribution in [2.24, 2.45) is 0 Å². The average molecular weight is 351 g/mol. The van der Waals surface area contributed by atoms with Crippen molar-refractivity contribution in [2.45, 2.75) is 17.1 Å². The summed E-state index contributed by atoms with van der Waals surface area (Å²) in [6.07, 6.45) is 0. The number of amides is 1. The van der Waals surface area contributed by atoms with Crippen molar-refractivity contribution < 1.29 is 4.79 Å². The lowest BCUT2D eigenvalue weighted by molar-refractivity contribution is -0.115. The van der Waals surface area contributed by atoms with Crippen LogP contribution in [-0.4, -0.2) is 11.2 Å². The maximum absolute atomic E-state index is 12.2. The molecule has 0 fully saturated rings. The minimum atomic E-state index is -0.215. The second-order valence-electron chi connectivity index (χ2n) is 4.27. The molecule has 1 atom stereocenters. The number of carbonyl (C=O) groups is 1. The van der Waals surface area contributed by atoms with Crippen molar-refractivity contribution in [3.63, 3.8) is 0 Å². The predicted molar refractivity (Wildman–Crippen MR) is 88.9 cm³/mol. The molecule has 0 saturated carbocycles. The van der Waals surface area contributed by atoms with E-state index in [0.717, 1.165) is 9.37 Å². The molecule has 0 saturated heterocycles. The fraction of sp³-hybridized carbons (Fsp3) is 0.133. The van der Waals surface area contributed by atoms with Gasteiger partial charge in [0, 0.05) is 9.37 Å². The van der Waals surface area contributed by atoms with Gasteiger partial charge in [0.05, 0.1) is 16.6 Å². The molecule has 1 unspecified atom stereocenters. The standard InChI is InChI=1S/C15H15BrN2OS/c1-10(20-14-9-5-2-6-11(14)16)15(19)18-13-8-4-3-7-12(13)17/h2-10H,17H2,1H3,(H,18,19). The summed E-state index contributed by atoms with van der Waals surface area (Å²) >= 11 is 4.98. The minimum absolute atomic E-state index is 0.0661. The van der Waals surface area contributed by atoms with E-state index in [2.05, 4.69) is 21.2 Å². The molecular weight excluding hydrogens is 336 g/mol. The molecule has 0 aliphatic rings. The van der Waals surface area contributed by atoms with Gasteiger partial charge in [-0.05, 0) is 47.1 Å². The number of nitrogen functional groups attached to an aromatic ring is 1. The molecule has 2 rings (SSSR count). The molecule has 2 aromatic rings. The monoisotopic (exact) mass is 350 g/mol. The molecular formula is C15H15BrN2OS. The number of hydrogen-bond donors (Lipinski definition) is 2. The van der Waals surface area contributed by atoms with Crippen LogP contribution in [-0.2, 0) is 4.79 Å². The normalized spacial score (nSPS) is 11.9. The van der Waals surface area contributed by atoms with E-state index in [9.17, 15) is 4.79 Å². The van der Waals surface area contributed by atoms with Crippen LogP contribution in [0.25, 0.3) is 0 Å². The van der Waals surface area contributed by atoms with Crippen molar-refractivity contribution in [2.75, 3.05) is 11.1 Å². The molecule has 3 nitrogen and oxygen atoms in total. The molecule has 0 spiro atoms. The van der Waals surface area contributed by atoms with Crippen molar-refractivity contribution in [3.05, 3.63) is 53.0 Å². The van der Waals surface area contributed by atoms with Crippen LogP contribution in [0.3, 0.4) is 0 Å².